The first kappa shape index (κ1) is 15.8. The lowest BCUT2D eigenvalue weighted by Crippen LogP contribution is -2.12. The van der Waals surface area contributed by atoms with Gasteiger partial charge >= 0.3 is 0 Å². The van der Waals surface area contributed by atoms with Gasteiger partial charge in [-0.2, -0.15) is 0 Å². The van der Waals surface area contributed by atoms with Crippen LogP contribution in [0.15, 0.2) is 18.2 Å². The van der Waals surface area contributed by atoms with Crippen LogP contribution in [0.5, 0.6) is 11.5 Å². The second-order valence-corrected chi connectivity index (χ2v) is 3.94. The second-order valence-electron chi connectivity index (χ2n) is 3.94. The van der Waals surface area contributed by atoms with Crippen molar-refractivity contribution in [3.8, 4) is 11.5 Å². The molecule has 1 rings (SSSR count). The average Bonchev–Trinajstić information content (AvgIpc) is 2.44. The van der Waals surface area contributed by atoms with Gasteiger partial charge in [0.25, 0.3) is 0 Å². The van der Waals surface area contributed by atoms with Gasteiger partial charge in [0.2, 0.25) is 0 Å². The summed E-state index contributed by atoms with van der Waals surface area (Å²) in [5.74, 6) is 1.48. The van der Waals surface area contributed by atoms with Crippen molar-refractivity contribution in [3.05, 3.63) is 23.8 Å². The summed E-state index contributed by atoms with van der Waals surface area (Å²) in [6, 6.07) is 5.81. The van der Waals surface area contributed by atoms with Crippen molar-refractivity contribution in [2.24, 2.45) is 5.73 Å². The van der Waals surface area contributed by atoms with E-state index in [1.165, 1.54) is 0 Å². The molecule has 0 atom stereocenters. The Morgan fingerprint density at radius 1 is 1.05 bits per heavy atom. The summed E-state index contributed by atoms with van der Waals surface area (Å²) in [6.45, 7) is 2.73. The minimum atomic E-state index is 0.474. The van der Waals surface area contributed by atoms with E-state index in [-0.39, 0.29) is 0 Å². The fourth-order valence-corrected chi connectivity index (χ4v) is 1.69. The van der Waals surface area contributed by atoms with Crippen molar-refractivity contribution < 1.29 is 18.9 Å². The maximum Gasteiger partial charge on any atom is 0.164 e. The van der Waals surface area contributed by atoms with Gasteiger partial charge in [-0.3, -0.25) is 0 Å². The average molecular weight is 269 g/mol. The maximum absolute atomic E-state index is 5.75. The number of para-hydroxylation sites is 1. The van der Waals surface area contributed by atoms with Crippen molar-refractivity contribution in [2.45, 2.75) is 6.42 Å². The Hall–Kier alpha value is -1.30. The highest BCUT2D eigenvalue weighted by Crippen LogP contribution is 2.31. The standard InChI is InChI=1S/C14H23NO4/c1-16-8-9-18-10-11-19-14-12(6-7-15)4-3-5-13(14)17-2/h3-5H,6-11,15H2,1-2H3. The van der Waals surface area contributed by atoms with E-state index in [1.807, 2.05) is 18.2 Å². The second kappa shape index (κ2) is 9.61. The van der Waals surface area contributed by atoms with E-state index in [0.29, 0.717) is 33.0 Å². The zero-order valence-electron chi connectivity index (χ0n) is 11.7. The first-order chi connectivity index (χ1) is 9.33. The van der Waals surface area contributed by atoms with Crippen LogP contribution in [0, 0.1) is 0 Å². The number of hydrogen-bond donors (Lipinski definition) is 1. The maximum atomic E-state index is 5.75. The lowest BCUT2D eigenvalue weighted by atomic mass is 10.1. The number of benzene rings is 1. The lowest BCUT2D eigenvalue weighted by Gasteiger charge is -2.14. The van der Waals surface area contributed by atoms with Gasteiger partial charge in [0, 0.05) is 7.11 Å². The third-order valence-electron chi connectivity index (χ3n) is 2.60. The topological polar surface area (TPSA) is 62.9 Å². The van der Waals surface area contributed by atoms with Crippen LogP contribution in [0.3, 0.4) is 0 Å². The summed E-state index contributed by atoms with van der Waals surface area (Å²) in [5, 5.41) is 0. The van der Waals surface area contributed by atoms with Crippen LogP contribution < -0.4 is 15.2 Å². The molecular weight excluding hydrogens is 246 g/mol. The van der Waals surface area contributed by atoms with Crippen LogP contribution in [-0.2, 0) is 15.9 Å². The van der Waals surface area contributed by atoms with Gasteiger partial charge in [-0.05, 0) is 24.6 Å². The largest absolute Gasteiger partial charge is 0.493 e. The quantitative estimate of drug-likeness (QED) is 0.647. The fraction of sp³-hybridized carbons (Fsp3) is 0.571. The number of ether oxygens (including phenoxy) is 4. The Labute approximate surface area is 114 Å². The summed E-state index contributed by atoms with van der Waals surface area (Å²) in [7, 11) is 3.28. The predicted octanol–water partition coefficient (Wildman–Crippen LogP) is 1.24. The predicted molar refractivity (Wildman–Crippen MR) is 73.9 cm³/mol. The van der Waals surface area contributed by atoms with Crippen molar-refractivity contribution >= 4 is 0 Å². The molecule has 0 saturated heterocycles. The van der Waals surface area contributed by atoms with E-state index in [4.69, 9.17) is 24.7 Å². The minimum Gasteiger partial charge on any atom is -0.493 e. The number of rotatable bonds is 10. The molecule has 0 aliphatic heterocycles. The Balaban J connectivity index is 2.50. The Morgan fingerprint density at radius 3 is 2.53 bits per heavy atom. The van der Waals surface area contributed by atoms with Crippen molar-refractivity contribution in [1.82, 2.24) is 0 Å². The van der Waals surface area contributed by atoms with E-state index in [0.717, 1.165) is 23.5 Å². The molecule has 0 saturated carbocycles. The smallest absolute Gasteiger partial charge is 0.164 e. The van der Waals surface area contributed by atoms with Crippen molar-refractivity contribution in [3.63, 3.8) is 0 Å². The first-order valence-corrected chi connectivity index (χ1v) is 6.39. The molecule has 0 heterocycles. The molecule has 1 aromatic rings. The molecule has 108 valence electrons. The molecular formula is C14H23NO4. The van der Waals surface area contributed by atoms with E-state index in [9.17, 15) is 0 Å². The molecule has 5 nitrogen and oxygen atoms in total. The van der Waals surface area contributed by atoms with Crippen molar-refractivity contribution in [2.75, 3.05) is 47.2 Å². The molecule has 5 heteroatoms. The summed E-state index contributed by atoms with van der Waals surface area (Å²) in [4.78, 5) is 0. The van der Waals surface area contributed by atoms with Gasteiger partial charge < -0.3 is 24.7 Å². The number of hydrogen-bond acceptors (Lipinski definition) is 5. The zero-order valence-corrected chi connectivity index (χ0v) is 11.7. The van der Waals surface area contributed by atoms with Gasteiger partial charge in [0.05, 0.1) is 26.9 Å². The molecule has 0 unspecified atom stereocenters. The normalized spacial score (nSPS) is 10.5. The fourth-order valence-electron chi connectivity index (χ4n) is 1.69. The Kier molecular flexibility index (Phi) is 7.97. The molecule has 2 N–H and O–H groups in total. The van der Waals surface area contributed by atoms with Crippen LogP contribution in [0.1, 0.15) is 5.56 Å². The summed E-state index contributed by atoms with van der Waals surface area (Å²) in [6.07, 6.45) is 0.761. The van der Waals surface area contributed by atoms with E-state index < -0.39 is 0 Å². The highest BCUT2D eigenvalue weighted by atomic mass is 16.5. The van der Waals surface area contributed by atoms with Gasteiger partial charge in [-0.1, -0.05) is 12.1 Å². The molecule has 1 aromatic carbocycles. The highest BCUT2D eigenvalue weighted by Gasteiger charge is 2.09. The Morgan fingerprint density at radius 2 is 1.84 bits per heavy atom. The monoisotopic (exact) mass is 269 g/mol. The SMILES string of the molecule is COCCOCCOc1c(CCN)cccc1OC. The summed E-state index contributed by atoms with van der Waals surface area (Å²) in [5.41, 5.74) is 6.65. The van der Waals surface area contributed by atoms with Gasteiger partial charge in [-0.15, -0.1) is 0 Å². The number of nitrogens with two attached hydrogens (primary N) is 1. The zero-order chi connectivity index (χ0) is 13.9. The molecule has 0 aliphatic rings. The molecule has 0 bridgehead atoms. The van der Waals surface area contributed by atoms with E-state index in [2.05, 4.69) is 0 Å². The summed E-state index contributed by atoms with van der Waals surface area (Å²) >= 11 is 0. The van der Waals surface area contributed by atoms with Crippen LogP contribution in [-0.4, -0.2) is 47.2 Å². The lowest BCUT2D eigenvalue weighted by molar-refractivity contribution is 0.0538. The van der Waals surface area contributed by atoms with E-state index in [1.54, 1.807) is 14.2 Å². The molecule has 0 fully saturated rings. The molecule has 0 amide bonds. The van der Waals surface area contributed by atoms with Crippen LogP contribution in [0.4, 0.5) is 0 Å². The van der Waals surface area contributed by atoms with E-state index >= 15 is 0 Å². The van der Waals surface area contributed by atoms with Crippen molar-refractivity contribution in [1.29, 1.82) is 0 Å². The first-order valence-electron chi connectivity index (χ1n) is 6.39. The van der Waals surface area contributed by atoms with Gasteiger partial charge in [-0.25, -0.2) is 0 Å². The third kappa shape index (κ3) is 5.46. The van der Waals surface area contributed by atoms with Gasteiger partial charge in [0.1, 0.15) is 6.61 Å². The number of methoxy groups -OCH3 is 2. The third-order valence-corrected chi connectivity index (χ3v) is 2.60. The molecule has 0 spiro atoms. The Bertz CT molecular complexity index is 357. The summed E-state index contributed by atoms with van der Waals surface area (Å²) < 4.78 is 21.3. The van der Waals surface area contributed by atoms with Gasteiger partial charge in [0.15, 0.2) is 11.5 Å². The van der Waals surface area contributed by atoms with Crippen LogP contribution >= 0.6 is 0 Å². The highest BCUT2D eigenvalue weighted by molar-refractivity contribution is 5.46. The molecule has 0 aliphatic carbocycles. The molecule has 19 heavy (non-hydrogen) atoms. The molecule has 0 radical (unpaired) electrons. The van der Waals surface area contributed by atoms with Crippen LogP contribution in [0.2, 0.25) is 0 Å². The molecule has 0 aromatic heterocycles. The minimum absolute atomic E-state index is 0.474. The van der Waals surface area contributed by atoms with Crippen LogP contribution in [0.25, 0.3) is 0 Å².